The summed E-state index contributed by atoms with van der Waals surface area (Å²) in [5.41, 5.74) is 0.864. The first-order chi connectivity index (χ1) is 9.70. The van der Waals surface area contributed by atoms with Crippen molar-refractivity contribution in [3.8, 4) is 0 Å². The van der Waals surface area contributed by atoms with Crippen LogP contribution >= 0.6 is 0 Å². The highest BCUT2D eigenvalue weighted by atomic mass is 16.5. The monoisotopic (exact) mass is 274 g/mol. The first-order valence-electron chi connectivity index (χ1n) is 6.09. The molecule has 0 aromatic heterocycles. The van der Waals surface area contributed by atoms with E-state index in [1.54, 1.807) is 6.08 Å². The number of nitrogens with zero attached hydrogens (tertiary/aromatic N) is 1. The molecule has 1 fully saturated rings. The first-order valence-corrected chi connectivity index (χ1v) is 6.09. The van der Waals surface area contributed by atoms with Crippen LogP contribution in [0.5, 0.6) is 0 Å². The van der Waals surface area contributed by atoms with Crippen LogP contribution in [0, 0.1) is 0 Å². The minimum absolute atomic E-state index is 0.115. The molecule has 0 saturated carbocycles. The molecule has 1 aromatic carbocycles. The van der Waals surface area contributed by atoms with E-state index in [4.69, 9.17) is 4.74 Å². The number of hydrogen-bond acceptors (Lipinski definition) is 4. The molecule has 6 nitrogen and oxygen atoms in total. The van der Waals surface area contributed by atoms with E-state index < -0.39 is 12.3 Å². The molecule has 1 N–H and O–H groups in total. The fraction of sp³-hybridized carbons (Fsp3) is 0.214. The Hall–Kier alpha value is -2.47. The van der Waals surface area contributed by atoms with Crippen molar-refractivity contribution in [3.05, 3.63) is 42.0 Å². The maximum Gasteiger partial charge on any atom is 0.250 e. The number of rotatable bonds is 5. The average Bonchev–Trinajstić information content (AvgIpc) is 2.89. The molecule has 0 aliphatic carbocycles. The summed E-state index contributed by atoms with van der Waals surface area (Å²) in [6, 6.07) is 9.28. The Balaban J connectivity index is 2.05. The van der Waals surface area contributed by atoms with E-state index in [0.717, 1.165) is 10.5 Å². The zero-order valence-electron chi connectivity index (χ0n) is 10.7. The van der Waals surface area contributed by atoms with Gasteiger partial charge in [0.05, 0.1) is 6.54 Å². The maximum atomic E-state index is 12.0. The zero-order valence-corrected chi connectivity index (χ0v) is 10.7. The molecule has 0 spiro atoms. The number of amides is 2. The molecular weight excluding hydrogens is 260 g/mol. The number of ether oxygens (including phenoxy) is 1. The summed E-state index contributed by atoms with van der Waals surface area (Å²) in [5.74, 6) is -0.723. The number of benzene rings is 1. The van der Waals surface area contributed by atoms with Crippen molar-refractivity contribution in [3.63, 3.8) is 0 Å². The Morgan fingerprint density at radius 2 is 2.15 bits per heavy atom. The molecular formula is C14H14N2O4. The number of hydrogen-bond donors (Lipinski definition) is 1. The second-order valence-corrected chi connectivity index (χ2v) is 4.13. The molecule has 1 aromatic rings. The summed E-state index contributed by atoms with van der Waals surface area (Å²) in [6.45, 7) is -0.265. The van der Waals surface area contributed by atoms with Crippen molar-refractivity contribution in [1.82, 2.24) is 10.2 Å². The van der Waals surface area contributed by atoms with Gasteiger partial charge in [0.2, 0.25) is 18.2 Å². The van der Waals surface area contributed by atoms with Gasteiger partial charge in [-0.2, -0.15) is 0 Å². The van der Waals surface area contributed by atoms with Crippen molar-refractivity contribution in [2.45, 2.75) is 6.35 Å². The van der Waals surface area contributed by atoms with Crippen molar-refractivity contribution in [2.24, 2.45) is 0 Å². The van der Waals surface area contributed by atoms with E-state index in [0.29, 0.717) is 6.29 Å². The second-order valence-electron chi connectivity index (χ2n) is 4.13. The predicted octanol–water partition coefficient (Wildman–Crippen LogP) is 0.157. The first kappa shape index (κ1) is 14.0. The van der Waals surface area contributed by atoms with E-state index in [1.807, 2.05) is 30.3 Å². The van der Waals surface area contributed by atoms with E-state index in [-0.39, 0.29) is 19.1 Å². The fourth-order valence-corrected chi connectivity index (χ4v) is 1.75. The third-order valence-corrected chi connectivity index (χ3v) is 2.71. The molecule has 2 rings (SSSR count). The summed E-state index contributed by atoms with van der Waals surface area (Å²) >= 11 is 0. The third kappa shape index (κ3) is 3.52. The summed E-state index contributed by atoms with van der Waals surface area (Å²) in [6.07, 6.45) is 2.67. The van der Waals surface area contributed by atoms with Gasteiger partial charge in [0.1, 0.15) is 12.9 Å². The SMILES string of the molecule is O=CCN(C(=O)/C=C/c1ccccc1)C1NC(=O)CO1. The minimum atomic E-state index is -0.888. The molecule has 1 aliphatic heterocycles. The highest BCUT2D eigenvalue weighted by molar-refractivity contribution is 5.93. The Morgan fingerprint density at radius 1 is 1.40 bits per heavy atom. The lowest BCUT2D eigenvalue weighted by atomic mass is 10.2. The lowest BCUT2D eigenvalue weighted by Crippen LogP contribution is -2.47. The van der Waals surface area contributed by atoms with Gasteiger partial charge >= 0.3 is 0 Å². The largest absolute Gasteiger partial charge is 0.330 e. The molecule has 6 heteroatoms. The molecule has 0 bridgehead atoms. The standard InChI is InChI=1S/C14H14N2O4/c17-9-8-16(14-15-12(18)10-20-14)13(19)7-6-11-4-2-1-3-5-11/h1-7,9,14H,8,10H2,(H,15,18)/b7-6+. The Kier molecular flexibility index (Phi) is 4.62. The molecule has 104 valence electrons. The third-order valence-electron chi connectivity index (χ3n) is 2.71. The van der Waals surface area contributed by atoms with Crippen LogP contribution < -0.4 is 5.32 Å². The minimum Gasteiger partial charge on any atom is -0.330 e. The maximum absolute atomic E-state index is 12.0. The van der Waals surface area contributed by atoms with Gasteiger partial charge in [-0.3, -0.25) is 14.5 Å². The van der Waals surface area contributed by atoms with Crippen LogP contribution in [0.15, 0.2) is 36.4 Å². The molecule has 1 saturated heterocycles. The molecule has 1 heterocycles. The van der Waals surface area contributed by atoms with Crippen LogP contribution in [0.1, 0.15) is 5.56 Å². The van der Waals surface area contributed by atoms with Crippen molar-refractivity contribution in [2.75, 3.05) is 13.2 Å². The summed E-state index contributed by atoms with van der Waals surface area (Å²) < 4.78 is 5.10. The van der Waals surface area contributed by atoms with Crippen LogP contribution in [0.2, 0.25) is 0 Å². The smallest absolute Gasteiger partial charge is 0.250 e. The summed E-state index contributed by atoms with van der Waals surface area (Å²) in [5, 5.41) is 2.47. The molecule has 1 unspecified atom stereocenters. The highest BCUT2D eigenvalue weighted by Gasteiger charge is 2.29. The van der Waals surface area contributed by atoms with Crippen molar-refractivity contribution < 1.29 is 19.1 Å². The Labute approximate surface area is 116 Å². The molecule has 20 heavy (non-hydrogen) atoms. The number of aldehydes is 1. The molecule has 1 aliphatic rings. The van der Waals surface area contributed by atoms with E-state index >= 15 is 0 Å². The van der Waals surface area contributed by atoms with Crippen LogP contribution in [0.3, 0.4) is 0 Å². The van der Waals surface area contributed by atoms with Crippen LogP contribution in [-0.2, 0) is 19.1 Å². The normalized spacial score (nSPS) is 18.0. The van der Waals surface area contributed by atoms with Gasteiger partial charge in [0.25, 0.3) is 0 Å². The van der Waals surface area contributed by atoms with Crippen LogP contribution in [-0.4, -0.2) is 42.5 Å². The van der Waals surface area contributed by atoms with Gasteiger partial charge in [0, 0.05) is 6.08 Å². The van der Waals surface area contributed by atoms with Gasteiger partial charge < -0.3 is 14.8 Å². The van der Waals surface area contributed by atoms with Crippen LogP contribution in [0.25, 0.3) is 6.08 Å². The lowest BCUT2D eigenvalue weighted by Gasteiger charge is -2.24. The second kappa shape index (κ2) is 6.63. The van der Waals surface area contributed by atoms with Crippen molar-refractivity contribution >= 4 is 24.2 Å². The van der Waals surface area contributed by atoms with Gasteiger partial charge in [-0.05, 0) is 11.6 Å². The quantitative estimate of drug-likeness (QED) is 0.613. The average molecular weight is 274 g/mol. The summed E-state index contributed by atoms with van der Waals surface area (Å²) in [4.78, 5) is 34.9. The highest BCUT2D eigenvalue weighted by Crippen LogP contribution is 2.07. The fourth-order valence-electron chi connectivity index (χ4n) is 1.75. The van der Waals surface area contributed by atoms with Gasteiger partial charge in [0.15, 0.2) is 0 Å². The number of carbonyl (C=O) groups is 3. The topological polar surface area (TPSA) is 75.7 Å². The zero-order chi connectivity index (χ0) is 14.4. The van der Waals surface area contributed by atoms with E-state index in [2.05, 4.69) is 5.32 Å². The van der Waals surface area contributed by atoms with E-state index in [9.17, 15) is 14.4 Å². The number of nitrogens with one attached hydrogen (secondary N) is 1. The molecule has 0 radical (unpaired) electrons. The van der Waals surface area contributed by atoms with Gasteiger partial charge in [-0.15, -0.1) is 0 Å². The number of carbonyl (C=O) groups excluding carboxylic acids is 3. The van der Waals surface area contributed by atoms with E-state index in [1.165, 1.54) is 6.08 Å². The molecule has 2 amide bonds. The molecule has 1 atom stereocenters. The lowest BCUT2D eigenvalue weighted by molar-refractivity contribution is -0.140. The Morgan fingerprint density at radius 3 is 2.75 bits per heavy atom. The predicted molar refractivity (Wildman–Crippen MR) is 71.1 cm³/mol. The summed E-state index contributed by atoms with van der Waals surface area (Å²) in [7, 11) is 0. The Bertz CT molecular complexity index is 527. The van der Waals surface area contributed by atoms with Crippen LogP contribution in [0.4, 0.5) is 0 Å². The van der Waals surface area contributed by atoms with Gasteiger partial charge in [-0.25, -0.2) is 0 Å². The van der Waals surface area contributed by atoms with Gasteiger partial charge in [-0.1, -0.05) is 30.3 Å². The van der Waals surface area contributed by atoms with Crippen molar-refractivity contribution in [1.29, 1.82) is 0 Å².